The molecule has 0 spiro atoms. The molecule has 1 saturated heterocycles. The molecule has 6 aromatic rings. The number of aliphatic hydroxyl groups is 2. The lowest BCUT2D eigenvalue weighted by molar-refractivity contribution is -0.137. The van der Waals surface area contributed by atoms with Gasteiger partial charge in [-0.3, -0.25) is 0 Å². The Hall–Kier alpha value is -4.90. The molecule has 1 aliphatic heterocycles. The van der Waals surface area contributed by atoms with Gasteiger partial charge in [-0.2, -0.15) is 9.97 Å². The summed E-state index contributed by atoms with van der Waals surface area (Å²) in [6.45, 7) is 14.4. The van der Waals surface area contributed by atoms with Crippen molar-refractivity contribution in [1.29, 1.82) is 0 Å². The zero-order valence-electron chi connectivity index (χ0n) is 35.0. The van der Waals surface area contributed by atoms with Gasteiger partial charge in [-0.15, -0.1) is 0 Å². The number of nitrogens with one attached hydrogen (secondary N) is 2. The largest absolute Gasteiger partial charge is 0.489 e. The van der Waals surface area contributed by atoms with Gasteiger partial charge < -0.3 is 48.8 Å². The molecule has 0 bridgehead atoms. The zero-order chi connectivity index (χ0) is 43.5. The van der Waals surface area contributed by atoms with Gasteiger partial charge in [0.25, 0.3) is 11.8 Å². The van der Waals surface area contributed by atoms with Gasteiger partial charge >= 0.3 is 0 Å². The van der Waals surface area contributed by atoms with Crippen molar-refractivity contribution in [1.82, 2.24) is 30.9 Å². The molecule has 3 heterocycles. The summed E-state index contributed by atoms with van der Waals surface area (Å²) in [7, 11) is 0. The van der Waals surface area contributed by atoms with Crippen LogP contribution < -0.4 is 20.1 Å². The van der Waals surface area contributed by atoms with Crippen LogP contribution in [0.2, 0.25) is 10.0 Å². The lowest BCUT2D eigenvalue weighted by Gasteiger charge is -2.17. The first kappa shape index (κ1) is 45.6. The van der Waals surface area contributed by atoms with Crippen LogP contribution in [-0.4, -0.2) is 87.0 Å². The molecule has 0 radical (unpaired) electrons. The molecule has 1 aliphatic rings. The first-order chi connectivity index (χ1) is 29.2. The molecule has 4 aromatic carbocycles. The highest BCUT2D eigenvalue weighted by Crippen LogP contribution is 2.33. The average molecular weight is 876 g/mol. The fourth-order valence-electron chi connectivity index (χ4n) is 6.11. The van der Waals surface area contributed by atoms with Crippen LogP contribution in [0.25, 0.3) is 45.7 Å². The topological polar surface area (TPSA) is 179 Å². The predicted molar refractivity (Wildman–Crippen MR) is 233 cm³/mol. The summed E-state index contributed by atoms with van der Waals surface area (Å²) >= 11 is 12.6. The molecule has 324 valence electrons. The third-order valence-electron chi connectivity index (χ3n) is 9.05. The quantitative estimate of drug-likeness (QED) is 0.0687. The summed E-state index contributed by atoms with van der Waals surface area (Å²) in [6.07, 6.45) is -0.607. The molecular weight excluding hydrogens is 823 g/mol. The number of ether oxygens (including phenoxy) is 4. The lowest BCUT2D eigenvalue weighted by atomic mass is 10.1. The highest BCUT2D eigenvalue weighted by Gasteiger charge is 2.32. The third-order valence-corrected chi connectivity index (χ3v) is 9.64. The van der Waals surface area contributed by atoms with Crippen molar-refractivity contribution in [2.24, 2.45) is 0 Å². The van der Waals surface area contributed by atoms with Crippen LogP contribution in [0.3, 0.4) is 0 Å². The smallest absolute Gasteiger partial charge is 0.258 e. The second-order valence-corrected chi connectivity index (χ2v) is 16.2. The average Bonchev–Trinajstić information content (AvgIpc) is 4.01. The molecular formula is C45H52Cl2N6O8. The molecule has 2 aromatic heterocycles. The Bertz CT molecular complexity index is 2300. The van der Waals surface area contributed by atoms with Gasteiger partial charge in [-0.1, -0.05) is 57.8 Å². The number of aliphatic hydroxyl groups excluding tert-OH is 2. The molecule has 1 fully saturated rings. The highest BCUT2D eigenvalue weighted by molar-refractivity contribution is 6.32. The van der Waals surface area contributed by atoms with Gasteiger partial charge in [0.15, 0.2) is 5.79 Å². The van der Waals surface area contributed by atoms with Gasteiger partial charge in [-0.25, -0.2) is 0 Å². The summed E-state index contributed by atoms with van der Waals surface area (Å²) in [5, 5.41) is 33.8. The van der Waals surface area contributed by atoms with E-state index in [0.29, 0.717) is 64.7 Å². The Labute approximate surface area is 365 Å². The molecule has 61 heavy (non-hydrogen) atoms. The van der Waals surface area contributed by atoms with E-state index in [4.69, 9.17) is 56.3 Å². The zero-order valence-corrected chi connectivity index (χ0v) is 36.5. The van der Waals surface area contributed by atoms with Crippen LogP contribution in [0, 0.1) is 0 Å². The summed E-state index contributed by atoms with van der Waals surface area (Å²) in [6, 6.07) is 26.5. The van der Waals surface area contributed by atoms with Crippen LogP contribution in [0.4, 0.5) is 0 Å². The van der Waals surface area contributed by atoms with Gasteiger partial charge in [-0.05, 0) is 113 Å². The fraction of sp³-hybridized carbons (Fsp3) is 0.378. The number of hydrogen-bond acceptors (Lipinski definition) is 14. The van der Waals surface area contributed by atoms with Gasteiger partial charge in [0, 0.05) is 48.4 Å². The highest BCUT2D eigenvalue weighted by atomic mass is 35.5. The maximum atomic E-state index is 9.34. The Kier molecular flexibility index (Phi) is 15.9. The van der Waals surface area contributed by atoms with Crippen molar-refractivity contribution < 1.29 is 38.2 Å². The molecule has 16 heteroatoms. The van der Waals surface area contributed by atoms with Gasteiger partial charge in [0.05, 0.1) is 47.7 Å². The van der Waals surface area contributed by atoms with Crippen LogP contribution in [0.5, 0.6) is 11.5 Å². The van der Waals surface area contributed by atoms with E-state index in [-0.39, 0.29) is 24.9 Å². The molecule has 14 nitrogen and oxygen atoms in total. The van der Waals surface area contributed by atoms with Crippen molar-refractivity contribution in [3.8, 4) is 57.2 Å². The number of aromatic nitrogens is 4. The van der Waals surface area contributed by atoms with E-state index in [1.807, 2.05) is 108 Å². The summed E-state index contributed by atoms with van der Waals surface area (Å²) in [5.74, 6) is 2.54. The number of benzene rings is 4. The first-order valence-corrected chi connectivity index (χ1v) is 20.8. The molecule has 0 amide bonds. The molecule has 2 unspecified atom stereocenters. The van der Waals surface area contributed by atoms with E-state index in [2.05, 4.69) is 30.9 Å². The summed E-state index contributed by atoms with van der Waals surface area (Å²) in [4.78, 5) is 8.97. The predicted octanol–water partition coefficient (Wildman–Crippen LogP) is 8.37. The van der Waals surface area contributed by atoms with E-state index >= 15 is 0 Å². The standard InChI is InChI=1S/C24H28ClN3O4.C21H24ClN3O4/c1-15(2)30-21-10-9-18(11-20(21)25)22-27-23(32-28-22)17-7-5-16(6-8-17)12-26-13-19-14-29-24(3,4)31-19;1-13(2)28-19-8-7-16(9-18(19)22)20-24-21(29-25-20)15-5-3-14(4-6-15)10-23-11-17(27)12-26/h5-11,15,19,26H,12-14H2,1-4H3;3-9,13,17,23,26-27H,10-12H2,1-2H3. The monoisotopic (exact) mass is 874 g/mol. The second-order valence-electron chi connectivity index (χ2n) is 15.4. The van der Waals surface area contributed by atoms with Crippen LogP contribution in [-0.2, 0) is 22.6 Å². The SMILES string of the molecule is CC(C)Oc1ccc(-c2noc(-c3ccc(CNCC(O)CO)cc3)n2)cc1Cl.CC(C)Oc1ccc(-c2noc(-c3ccc(CNCC4COC(C)(C)O4)cc3)n2)cc1Cl. The molecule has 2 atom stereocenters. The minimum absolute atomic E-state index is 0.0352. The molecule has 0 aliphatic carbocycles. The minimum Gasteiger partial charge on any atom is -0.489 e. The van der Waals surface area contributed by atoms with E-state index < -0.39 is 11.9 Å². The van der Waals surface area contributed by atoms with Crippen molar-refractivity contribution in [2.45, 2.75) is 84.8 Å². The Morgan fingerprint density at radius 1 is 0.705 bits per heavy atom. The van der Waals surface area contributed by atoms with Crippen molar-refractivity contribution in [3.63, 3.8) is 0 Å². The van der Waals surface area contributed by atoms with E-state index in [0.717, 1.165) is 46.5 Å². The van der Waals surface area contributed by atoms with Crippen molar-refractivity contribution >= 4 is 23.2 Å². The number of rotatable bonds is 17. The summed E-state index contributed by atoms with van der Waals surface area (Å²) in [5.41, 5.74) is 5.35. The normalized spacial score (nSPS) is 15.2. The second kappa shape index (κ2) is 21.3. The number of hydrogen-bond donors (Lipinski definition) is 4. The van der Waals surface area contributed by atoms with Crippen LogP contribution in [0.1, 0.15) is 52.7 Å². The van der Waals surface area contributed by atoms with E-state index in [9.17, 15) is 5.11 Å². The Morgan fingerprint density at radius 2 is 1.16 bits per heavy atom. The van der Waals surface area contributed by atoms with Gasteiger partial charge in [0.2, 0.25) is 11.6 Å². The van der Waals surface area contributed by atoms with E-state index in [1.165, 1.54) is 0 Å². The lowest BCUT2D eigenvalue weighted by Crippen LogP contribution is -2.30. The maximum absolute atomic E-state index is 9.34. The third kappa shape index (κ3) is 13.3. The number of nitrogens with zero attached hydrogens (tertiary/aromatic N) is 4. The van der Waals surface area contributed by atoms with Crippen LogP contribution in [0.15, 0.2) is 94.0 Å². The van der Waals surface area contributed by atoms with Crippen LogP contribution >= 0.6 is 23.2 Å². The number of halogens is 2. The van der Waals surface area contributed by atoms with Gasteiger partial charge in [0.1, 0.15) is 11.5 Å². The molecule has 7 rings (SSSR count). The first-order valence-electron chi connectivity index (χ1n) is 20.1. The Morgan fingerprint density at radius 3 is 1.57 bits per heavy atom. The molecule has 4 N–H and O–H groups in total. The van der Waals surface area contributed by atoms with E-state index in [1.54, 1.807) is 18.2 Å². The van der Waals surface area contributed by atoms with Crippen molar-refractivity contribution in [2.75, 3.05) is 26.3 Å². The Balaban J connectivity index is 0.000000205. The summed E-state index contributed by atoms with van der Waals surface area (Å²) < 4.78 is 33.6. The fourth-order valence-corrected chi connectivity index (χ4v) is 6.56. The maximum Gasteiger partial charge on any atom is 0.258 e. The minimum atomic E-state index is -0.759. The molecule has 0 saturated carbocycles. The van der Waals surface area contributed by atoms with Crippen molar-refractivity contribution in [3.05, 3.63) is 106 Å².